The highest BCUT2D eigenvalue weighted by Gasteiger charge is 2.37. The number of hydrogen-bond donors (Lipinski definition) is 1. The van der Waals surface area contributed by atoms with Crippen molar-refractivity contribution >= 4 is 9.84 Å². The third kappa shape index (κ3) is 4.52. The van der Waals surface area contributed by atoms with Gasteiger partial charge in [-0.1, -0.05) is 25.1 Å². The summed E-state index contributed by atoms with van der Waals surface area (Å²) in [6, 6.07) is 5.63. The summed E-state index contributed by atoms with van der Waals surface area (Å²) in [6.07, 6.45) is -2.06. The first-order valence-electron chi connectivity index (χ1n) is 8.66. The van der Waals surface area contributed by atoms with Crippen LogP contribution in [0.5, 0.6) is 0 Å². The minimum Gasteiger partial charge on any atom is -0.392 e. The first-order valence-corrected chi connectivity index (χ1v) is 10.5. The molecule has 1 atom stereocenters. The Balaban J connectivity index is 1.76. The third-order valence-electron chi connectivity index (χ3n) is 4.84. The topological polar surface area (TPSA) is 72.2 Å². The van der Waals surface area contributed by atoms with E-state index in [2.05, 4.69) is 5.10 Å². The minimum atomic E-state index is -4.61. The van der Waals surface area contributed by atoms with Gasteiger partial charge in [0.15, 0.2) is 5.69 Å². The number of aliphatic hydroxyl groups is 1. The van der Waals surface area contributed by atoms with Crippen LogP contribution in [0.3, 0.4) is 0 Å². The molecule has 1 N–H and O–H groups in total. The Morgan fingerprint density at radius 3 is 2.56 bits per heavy atom. The largest absolute Gasteiger partial charge is 0.435 e. The van der Waals surface area contributed by atoms with Crippen LogP contribution in [-0.4, -0.2) is 34.8 Å². The lowest BCUT2D eigenvalue weighted by Crippen LogP contribution is -2.18. The summed E-state index contributed by atoms with van der Waals surface area (Å²) in [7, 11) is -3.04. The van der Waals surface area contributed by atoms with Crippen LogP contribution in [0.2, 0.25) is 0 Å². The smallest absolute Gasteiger partial charge is 0.392 e. The van der Waals surface area contributed by atoms with E-state index in [4.69, 9.17) is 5.11 Å². The highest BCUT2D eigenvalue weighted by atomic mass is 32.2. The Kier molecular flexibility index (Phi) is 5.36. The molecule has 1 aliphatic carbocycles. The molecule has 5 nitrogen and oxygen atoms in total. The second-order valence-corrected chi connectivity index (χ2v) is 9.33. The van der Waals surface area contributed by atoms with E-state index in [0.717, 1.165) is 16.7 Å². The monoisotopic (exact) mass is 402 g/mol. The van der Waals surface area contributed by atoms with E-state index in [-0.39, 0.29) is 29.5 Å². The van der Waals surface area contributed by atoms with E-state index >= 15 is 0 Å². The van der Waals surface area contributed by atoms with Crippen molar-refractivity contribution in [3.05, 3.63) is 52.3 Å². The zero-order chi connectivity index (χ0) is 19.8. The quantitative estimate of drug-likeness (QED) is 0.806. The van der Waals surface area contributed by atoms with E-state index in [1.54, 1.807) is 6.92 Å². The fourth-order valence-electron chi connectivity index (χ4n) is 3.54. The minimum absolute atomic E-state index is 0.0442. The molecule has 0 aliphatic heterocycles. The molecule has 3 rings (SSSR count). The van der Waals surface area contributed by atoms with Crippen LogP contribution in [0.15, 0.2) is 24.4 Å². The van der Waals surface area contributed by atoms with Crippen LogP contribution in [0, 0.1) is 5.92 Å². The maximum absolute atomic E-state index is 12.9. The zero-order valence-electron chi connectivity index (χ0n) is 14.8. The third-order valence-corrected chi connectivity index (χ3v) is 6.70. The molecule has 0 spiro atoms. The molecule has 0 radical (unpaired) electrons. The van der Waals surface area contributed by atoms with E-state index in [1.165, 1.54) is 10.9 Å². The van der Waals surface area contributed by atoms with Gasteiger partial charge in [0.05, 0.1) is 18.9 Å². The van der Waals surface area contributed by atoms with Gasteiger partial charge in [0.2, 0.25) is 0 Å². The molecule has 2 aromatic rings. The van der Waals surface area contributed by atoms with Crippen molar-refractivity contribution in [1.29, 1.82) is 0 Å². The normalized spacial score (nSPS) is 17.3. The lowest BCUT2D eigenvalue weighted by molar-refractivity contribution is -0.142. The highest BCUT2D eigenvalue weighted by Crippen LogP contribution is 2.32. The average Bonchev–Trinajstić information content (AvgIpc) is 3.17. The van der Waals surface area contributed by atoms with Gasteiger partial charge in [0.25, 0.3) is 0 Å². The van der Waals surface area contributed by atoms with Gasteiger partial charge in [-0.15, -0.1) is 0 Å². The summed E-state index contributed by atoms with van der Waals surface area (Å²) in [5, 5.41) is 12.7. The van der Waals surface area contributed by atoms with Crippen molar-refractivity contribution in [3.8, 4) is 0 Å². The summed E-state index contributed by atoms with van der Waals surface area (Å²) < 4.78 is 63.7. The molecular formula is C18H21F3N2O3S. The van der Waals surface area contributed by atoms with Crippen LogP contribution in [0.4, 0.5) is 13.2 Å². The molecule has 1 aliphatic rings. The van der Waals surface area contributed by atoms with Crippen molar-refractivity contribution in [2.75, 3.05) is 11.5 Å². The number of hydrogen-bond acceptors (Lipinski definition) is 4. The summed E-state index contributed by atoms with van der Waals surface area (Å²) in [4.78, 5) is 0. The number of halogens is 3. The average molecular weight is 402 g/mol. The SMILES string of the molecule is CCS(=O)(=O)C[C@H]1Cc2ccc(Cn3cc(CO)c(C(F)(F)F)n3)cc2C1. The van der Waals surface area contributed by atoms with Gasteiger partial charge >= 0.3 is 6.18 Å². The maximum atomic E-state index is 12.9. The van der Waals surface area contributed by atoms with E-state index < -0.39 is 28.3 Å². The van der Waals surface area contributed by atoms with Crippen molar-refractivity contribution in [2.45, 2.75) is 39.1 Å². The molecule has 1 aromatic heterocycles. The van der Waals surface area contributed by atoms with Gasteiger partial charge in [-0.25, -0.2) is 8.42 Å². The predicted molar refractivity (Wildman–Crippen MR) is 93.9 cm³/mol. The first kappa shape index (κ1) is 19.9. The van der Waals surface area contributed by atoms with Crippen LogP contribution in [0.1, 0.15) is 34.9 Å². The van der Waals surface area contributed by atoms with Gasteiger partial charge in [-0.2, -0.15) is 18.3 Å². The molecule has 0 unspecified atom stereocenters. The standard InChI is InChI=1S/C18H21F3N2O3S/c1-2-27(25,26)11-13-6-14-4-3-12(5-15(14)7-13)8-23-9-16(10-24)17(22-23)18(19,20)21/h3-5,9,13,24H,2,6-8,10-11H2,1H3/t13-/m0/s1. The summed E-state index contributed by atoms with van der Waals surface area (Å²) in [5.41, 5.74) is 1.58. The second kappa shape index (κ2) is 7.27. The van der Waals surface area contributed by atoms with Crippen LogP contribution >= 0.6 is 0 Å². The van der Waals surface area contributed by atoms with Gasteiger partial charge < -0.3 is 5.11 Å². The molecular weight excluding hydrogens is 381 g/mol. The lowest BCUT2D eigenvalue weighted by atomic mass is 10.1. The Morgan fingerprint density at radius 1 is 1.26 bits per heavy atom. The number of aromatic nitrogens is 2. The Morgan fingerprint density at radius 2 is 1.96 bits per heavy atom. The highest BCUT2D eigenvalue weighted by molar-refractivity contribution is 7.91. The predicted octanol–water partition coefficient (Wildman–Crippen LogP) is 2.59. The molecule has 27 heavy (non-hydrogen) atoms. The first-order chi connectivity index (χ1) is 12.6. The number of rotatable bonds is 6. The summed E-state index contributed by atoms with van der Waals surface area (Å²) in [6.45, 7) is 1.05. The molecule has 0 amide bonds. The Bertz CT molecular complexity index is 936. The molecule has 1 aromatic carbocycles. The van der Waals surface area contributed by atoms with Gasteiger partial charge in [-0.3, -0.25) is 4.68 Å². The van der Waals surface area contributed by atoms with Crippen molar-refractivity contribution in [3.63, 3.8) is 0 Å². The molecule has 9 heteroatoms. The van der Waals surface area contributed by atoms with E-state index in [0.29, 0.717) is 12.8 Å². The molecule has 0 saturated carbocycles. The second-order valence-electron chi connectivity index (χ2n) is 6.93. The number of benzene rings is 1. The zero-order valence-corrected chi connectivity index (χ0v) is 15.6. The van der Waals surface area contributed by atoms with E-state index in [1.807, 2.05) is 18.2 Å². The number of fused-ring (bicyclic) bond motifs is 1. The van der Waals surface area contributed by atoms with Gasteiger partial charge in [-0.05, 0) is 35.4 Å². The Hall–Kier alpha value is -1.87. The van der Waals surface area contributed by atoms with Crippen LogP contribution < -0.4 is 0 Å². The van der Waals surface area contributed by atoms with Gasteiger partial charge in [0, 0.05) is 17.5 Å². The number of aliphatic hydroxyl groups excluding tert-OH is 1. The molecule has 0 fully saturated rings. The fourth-order valence-corrected chi connectivity index (χ4v) is 4.73. The summed E-state index contributed by atoms with van der Waals surface area (Å²) in [5.74, 6) is 0.323. The van der Waals surface area contributed by atoms with E-state index in [9.17, 15) is 21.6 Å². The van der Waals surface area contributed by atoms with Crippen LogP contribution in [0.25, 0.3) is 0 Å². The number of sulfone groups is 1. The lowest BCUT2D eigenvalue weighted by Gasteiger charge is -2.07. The van der Waals surface area contributed by atoms with Crippen molar-refractivity contribution in [1.82, 2.24) is 9.78 Å². The number of nitrogens with zero attached hydrogens (tertiary/aromatic N) is 2. The molecule has 148 valence electrons. The Labute approximate surface area is 155 Å². The maximum Gasteiger partial charge on any atom is 0.435 e. The molecule has 0 bridgehead atoms. The van der Waals surface area contributed by atoms with Crippen molar-refractivity contribution in [2.24, 2.45) is 5.92 Å². The number of alkyl halides is 3. The van der Waals surface area contributed by atoms with Gasteiger partial charge in [0.1, 0.15) is 9.84 Å². The van der Waals surface area contributed by atoms with Crippen LogP contribution in [-0.2, 0) is 42.0 Å². The fraction of sp³-hybridized carbons (Fsp3) is 0.500. The summed E-state index contributed by atoms with van der Waals surface area (Å²) >= 11 is 0. The van der Waals surface area contributed by atoms with Crippen molar-refractivity contribution < 1.29 is 26.7 Å². The molecule has 0 saturated heterocycles. The molecule has 1 heterocycles.